The molecule has 0 spiro atoms. The first-order valence-electron chi connectivity index (χ1n) is 5.88. The van der Waals surface area contributed by atoms with Gasteiger partial charge in [0.1, 0.15) is 5.82 Å². The maximum Gasteiger partial charge on any atom is 0.225 e. The Hall–Kier alpha value is -1.42. The van der Waals surface area contributed by atoms with Gasteiger partial charge in [-0.2, -0.15) is 0 Å². The van der Waals surface area contributed by atoms with Crippen molar-refractivity contribution >= 4 is 11.6 Å². The van der Waals surface area contributed by atoms with Gasteiger partial charge in [0.05, 0.1) is 6.54 Å². The van der Waals surface area contributed by atoms with E-state index in [1.807, 2.05) is 29.8 Å². The molecule has 0 saturated heterocycles. The number of aryl methyl sites for hydroxylation is 1. The summed E-state index contributed by atoms with van der Waals surface area (Å²) in [7, 11) is 0. The van der Waals surface area contributed by atoms with Gasteiger partial charge < -0.3 is 0 Å². The molecule has 0 unspecified atom stereocenters. The van der Waals surface area contributed by atoms with E-state index in [1.165, 1.54) is 0 Å². The Morgan fingerprint density at radius 1 is 1.22 bits per heavy atom. The lowest BCUT2D eigenvalue weighted by Gasteiger charge is -2.18. The largest absolute Gasteiger partial charge is 0.297 e. The van der Waals surface area contributed by atoms with Crippen LogP contribution in [0.5, 0.6) is 0 Å². The van der Waals surface area contributed by atoms with Crippen LogP contribution < -0.4 is 0 Å². The summed E-state index contributed by atoms with van der Waals surface area (Å²) in [5.74, 6) is 0.882. The number of aromatic nitrogens is 4. The molecule has 0 saturated carbocycles. The van der Waals surface area contributed by atoms with Crippen molar-refractivity contribution in [1.29, 1.82) is 0 Å². The summed E-state index contributed by atoms with van der Waals surface area (Å²) < 4.78 is 1.92. The predicted octanol–water partition coefficient (Wildman–Crippen LogP) is 2.98. The van der Waals surface area contributed by atoms with Crippen LogP contribution in [0.3, 0.4) is 0 Å². The molecule has 2 heterocycles. The molecule has 0 amide bonds. The van der Waals surface area contributed by atoms with E-state index in [0.29, 0.717) is 11.8 Å². The molecule has 0 bridgehead atoms. The van der Waals surface area contributed by atoms with Crippen molar-refractivity contribution in [2.75, 3.05) is 0 Å². The minimum absolute atomic E-state index is 0.0851. The first-order chi connectivity index (χ1) is 8.38. The molecule has 2 rings (SSSR count). The van der Waals surface area contributed by atoms with Crippen LogP contribution in [0.1, 0.15) is 37.9 Å². The van der Waals surface area contributed by atoms with E-state index in [1.54, 1.807) is 0 Å². The van der Waals surface area contributed by atoms with Crippen LogP contribution in [0, 0.1) is 6.92 Å². The highest BCUT2D eigenvalue weighted by Crippen LogP contribution is 2.23. The third-order valence-electron chi connectivity index (χ3n) is 2.69. The number of rotatable bonds is 2. The monoisotopic (exact) mass is 264 g/mol. The molecule has 4 nitrogen and oxygen atoms in total. The second-order valence-corrected chi connectivity index (χ2v) is 5.77. The van der Waals surface area contributed by atoms with Gasteiger partial charge >= 0.3 is 0 Å². The van der Waals surface area contributed by atoms with E-state index in [4.69, 9.17) is 11.6 Å². The molecule has 96 valence electrons. The number of hydrogen-bond donors (Lipinski definition) is 0. The van der Waals surface area contributed by atoms with Crippen LogP contribution >= 0.6 is 11.6 Å². The molecule has 0 aliphatic rings. The van der Waals surface area contributed by atoms with Gasteiger partial charge in [-0.05, 0) is 30.2 Å². The number of pyridine rings is 1. The highest BCUT2D eigenvalue weighted by Gasteiger charge is 2.23. The molecule has 0 aliphatic carbocycles. The van der Waals surface area contributed by atoms with Crippen molar-refractivity contribution in [3.05, 3.63) is 40.7 Å². The zero-order valence-corrected chi connectivity index (χ0v) is 11.9. The Kier molecular flexibility index (Phi) is 3.39. The molecule has 0 fully saturated rings. The van der Waals surface area contributed by atoms with Gasteiger partial charge in [0.25, 0.3) is 0 Å². The van der Waals surface area contributed by atoms with Crippen LogP contribution in [0.2, 0.25) is 5.28 Å². The van der Waals surface area contributed by atoms with E-state index in [2.05, 4.69) is 36.0 Å². The summed E-state index contributed by atoms with van der Waals surface area (Å²) in [4.78, 5) is 4.28. The van der Waals surface area contributed by atoms with Gasteiger partial charge in [-0.25, -0.2) is 0 Å². The van der Waals surface area contributed by atoms with Gasteiger partial charge in [0, 0.05) is 17.3 Å². The van der Waals surface area contributed by atoms with Crippen LogP contribution in [-0.4, -0.2) is 19.7 Å². The molecule has 0 N–H and O–H groups in total. The summed E-state index contributed by atoms with van der Waals surface area (Å²) >= 11 is 6.10. The highest BCUT2D eigenvalue weighted by atomic mass is 35.5. The first-order valence-corrected chi connectivity index (χ1v) is 6.26. The molecule has 2 aromatic heterocycles. The topological polar surface area (TPSA) is 43.6 Å². The Morgan fingerprint density at radius 2 is 1.94 bits per heavy atom. The van der Waals surface area contributed by atoms with Crippen LogP contribution in [0.4, 0.5) is 0 Å². The third-order valence-corrected chi connectivity index (χ3v) is 2.97. The molecule has 0 radical (unpaired) electrons. The number of halogens is 1. The van der Waals surface area contributed by atoms with Gasteiger partial charge in [-0.1, -0.05) is 26.8 Å². The predicted molar refractivity (Wildman–Crippen MR) is 71.8 cm³/mol. The quantitative estimate of drug-likeness (QED) is 0.838. The Bertz CT molecular complexity index is 537. The maximum atomic E-state index is 6.10. The first kappa shape index (κ1) is 13.0. The fraction of sp³-hybridized carbons (Fsp3) is 0.462. The number of hydrogen-bond acceptors (Lipinski definition) is 3. The van der Waals surface area contributed by atoms with Gasteiger partial charge in [-0.15, -0.1) is 10.2 Å². The Balaban J connectivity index is 2.34. The van der Waals surface area contributed by atoms with E-state index >= 15 is 0 Å². The summed E-state index contributed by atoms with van der Waals surface area (Å²) in [6.07, 6.45) is 1.86. The van der Waals surface area contributed by atoms with Crippen LogP contribution in [0.15, 0.2) is 18.3 Å². The average molecular weight is 265 g/mol. The summed E-state index contributed by atoms with van der Waals surface area (Å²) in [6.45, 7) is 8.90. The van der Waals surface area contributed by atoms with E-state index in [-0.39, 0.29) is 5.41 Å². The second-order valence-electron chi connectivity index (χ2n) is 5.44. The zero-order valence-electron chi connectivity index (χ0n) is 11.1. The minimum Gasteiger partial charge on any atom is -0.297 e. The molecule has 5 heteroatoms. The van der Waals surface area contributed by atoms with Crippen molar-refractivity contribution in [1.82, 2.24) is 19.7 Å². The zero-order chi connectivity index (χ0) is 13.3. The second kappa shape index (κ2) is 4.69. The van der Waals surface area contributed by atoms with E-state index in [0.717, 1.165) is 17.1 Å². The molecule has 0 atom stereocenters. The summed E-state index contributed by atoms with van der Waals surface area (Å²) in [5, 5.41) is 8.53. The summed E-state index contributed by atoms with van der Waals surface area (Å²) in [6, 6.07) is 4.04. The minimum atomic E-state index is -0.0851. The summed E-state index contributed by atoms with van der Waals surface area (Å²) in [5.41, 5.74) is 2.01. The normalized spacial score (nSPS) is 11.8. The molecule has 0 aliphatic heterocycles. The lowest BCUT2D eigenvalue weighted by atomic mass is 9.95. The fourth-order valence-corrected chi connectivity index (χ4v) is 1.93. The average Bonchev–Trinajstić information content (AvgIpc) is 2.63. The SMILES string of the molecule is Cc1ccc(Cn2c(Cl)nnc2C(C)(C)C)cn1. The molecular weight excluding hydrogens is 248 g/mol. The van der Waals surface area contributed by atoms with Gasteiger partial charge in [0.2, 0.25) is 5.28 Å². The Labute approximate surface area is 112 Å². The smallest absolute Gasteiger partial charge is 0.225 e. The highest BCUT2D eigenvalue weighted by molar-refractivity contribution is 6.28. The molecule has 0 aromatic carbocycles. The van der Waals surface area contributed by atoms with Crippen LogP contribution in [0.25, 0.3) is 0 Å². The van der Waals surface area contributed by atoms with Crippen molar-refractivity contribution < 1.29 is 0 Å². The lowest BCUT2D eigenvalue weighted by Crippen LogP contribution is -2.19. The van der Waals surface area contributed by atoms with Crippen LogP contribution in [-0.2, 0) is 12.0 Å². The maximum absolute atomic E-state index is 6.10. The third kappa shape index (κ3) is 2.70. The fourth-order valence-electron chi connectivity index (χ4n) is 1.75. The molecular formula is C13H17ClN4. The van der Waals surface area contributed by atoms with Crippen molar-refractivity contribution in [2.24, 2.45) is 0 Å². The molecule has 18 heavy (non-hydrogen) atoms. The standard InChI is InChI=1S/C13H17ClN4/c1-9-5-6-10(7-15-9)8-18-11(13(2,3)4)16-17-12(18)14/h5-7H,8H2,1-4H3. The van der Waals surface area contributed by atoms with Crippen molar-refractivity contribution in [3.63, 3.8) is 0 Å². The number of nitrogens with zero attached hydrogens (tertiary/aromatic N) is 4. The van der Waals surface area contributed by atoms with E-state index < -0.39 is 0 Å². The van der Waals surface area contributed by atoms with Crippen molar-refractivity contribution in [2.45, 2.75) is 39.7 Å². The lowest BCUT2D eigenvalue weighted by molar-refractivity contribution is 0.509. The van der Waals surface area contributed by atoms with Gasteiger partial charge in [-0.3, -0.25) is 9.55 Å². The van der Waals surface area contributed by atoms with Crippen molar-refractivity contribution in [3.8, 4) is 0 Å². The van der Waals surface area contributed by atoms with E-state index in [9.17, 15) is 0 Å². The Morgan fingerprint density at radius 3 is 2.50 bits per heavy atom. The molecule has 2 aromatic rings. The van der Waals surface area contributed by atoms with Gasteiger partial charge in [0.15, 0.2) is 0 Å².